The molecule has 0 spiro atoms. The average molecular weight is 681 g/mol. The molecule has 45 heavy (non-hydrogen) atoms. The topological polar surface area (TPSA) is 118 Å². The maximum atomic E-state index is 14.2. The molecular weight excluding hydrogens is 638 g/mol. The number of ether oxygens (including phenoxy) is 3. The summed E-state index contributed by atoms with van der Waals surface area (Å²) in [6.07, 6.45) is 0.388. The zero-order valence-electron chi connectivity index (χ0n) is 26.3. The lowest BCUT2D eigenvalue weighted by molar-refractivity contribution is -0.155. The quantitative estimate of drug-likeness (QED) is 0.113. The second-order valence-electron chi connectivity index (χ2n) is 12.0. The number of aliphatic hydroxyl groups excluding tert-OH is 1. The molecule has 0 aromatic heterocycles. The third-order valence-electron chi connectivity index (χ3n) is 7.21. The number of hydrogen-bond acceptors (Lipinski definition) is 8. The normalized spacial score (nSPS) is 17.7. The van der Waals surface area contributed by atoms with Crippen LogP contribution < -0.4 is 15.6 Å². The number of aliphatic hydroxyl groups is 1. The van der Waals surface area contributed by atoms with Gasteiger partial charge in [-0.25, -0.2) is 10.4 Å². The summed E-state index contributed by atoms with van der Waals surface area (Å²) < 4.78 is 18.5. The van der Waals surface area contributed by atoms with Gasteiger partial charge in [0.05, 0.1) is 6.61 Å². The molecule has 2 atom stereocenters. The SMILES string of the molecule is Cc1ccc(CCNNC(=O)[C@@]2(CCC(=O)OC(C)(C)C)N=C(c3ccc(OCCCO)cc3)O[C@H]2c2ccccc2Br)cc1. The Hall–Kier alpha value is -3.73. The lowest BCUT2D eigenvalue weighted by Crippen LogP contribution is -2.53. The first-order valence-corrected chi connectivity index (χ1v) is 16.0. The van der Waals surface area contributed by atoms with E-state index in [9.17, 15) is 9.59 Å². The zero-order chi connectivity index (χ0) is 32.5. The Morgan fingerprint density at radius 1 is 1.04 bits per heavy atom. The van der Waals surface area contributed by atoms with Crippen LogP contribution >= 0.6 is 15.9 Å². The van der Waals surface area contributed by atoms with Crippen LogP contribution in [-0.2, 0) is 25.5 Å². The molecule has 0 aliphatic carbocycles. The molecule has 1 aliphatic heterocycles. The van der Waals surface area contributed by atoms with E-state index in [1.165, 1.54) is 5.56 Å². The minimum atomic E-state index is -1.50. The summed E-state index contributed by atoms with van der Waals surface area (Å²) >= 11 is 3.63. The van der Waals surface area contributed by atoms with E-state index in [4.69, 9.17) is 24.3 Å². The van der Waals surface area contributed by atoms with Crippen LogP contribution in [0.2, 0.25) is 0 Å². The molecule has 1 aliphatic rings. The number of benzene rings is 3. The van der Waals surface area contributed by atoms with E-state index in [1.807, 2.05) is 43.3 Å². The van der Waals surface area contributed by atoms with Crippen molar-refractivity contribution in [1.82, 2.24) is 10.9 Å². The lowest BCUT2D eigenvalue weighted by Gasteiger charge is -2.31. The van der Waals surface area contributed by atoms with Crippen LogP contribution in [0.5, 0.6) is 5.75 Å². The largest absolute Gasteiger partial charge is 0.494 e. The molecular formula is C35H42BrN3O6. The number of nitrogens with zero attached hydrogens (tertiary/aromatic N) is 1. The third-order valence-corrected chi connectivity index (χ3v) is 7.93. The summed E-state index contributed by atoms with van der Waals surface area (Å²) in [5.41, 5.74) is 7.46. The first-order valence-electron chi connectivity index (χ1n) is 15.2. The van der Waals surface area contributed by atoms with Gasteiger partial charge in [0.2, 0.25) is 5.90 Å². The first-order chi connectivity index (χ1) is 21.5. The van der Waals surface area contributed by atoms with Gasteiger partial charge in [-0.2, -0.15) is 0 Å². The Kier molecular flexibility index (Phi) is 11.8. The zero-order valence-corrected chi connectivity index (χ0v) is 27.9. The molecule has 0 fully saturated rings. The van der Waals surface area contributed by atoms with Crippen LogP contribution in [0.4, 0.5) is 0 Å². The molecule has 0 radical (unpaired) electrons. The molecule has 0 saturated heterocycles. The van der Waals surface area contributed by atoms with Gasteiger partial charge in [0.25, 0.3) is 5.91 Å². The number of carbonyl (C=O) groups is 2. The minimum absolute atomic E-state index is 0.0469. The molecule has 10 heteroatoms. The van der Waals surface area contributed by atoms with E-state index < -0.39 is 29.1 Å². The van der Waals surface area contributed by atoms with Gasteiger partial charge < -0.3 is 19.3 Å². The van der Waals surface area contributed by atoms with Gasteiger partial charge in [-0.05, 0) is 76.4 Å². The van der Waals surface area contributed by atoms with Gasteiger partial charge in [-0.15, -0.1) is 0 Å². The smallest absolute Gasteiger partial charge is 0.306 e. The van der Waals surface area contributed by atoms with Crippen LogP contribution in [0, 0.1) is 6.92 Å². The molecule has 1 heterocycles. The Balaban J connectivity index is 1.65. The molecule has 0 unspecified atom stereocenters. The fourth-order valence-corrected chi connectivity index (χ4v) is 5.43. The summed E-state index contributed by atoms with van der Waals surface area (Å²) in [7, 11) is 0. The number of aliphatic imine (C=N–C) groups is 1. The van der Waals surface area contributed by atoms with Gasteiger partial charge in [-0.3, -0.25) is 15.0 Å². The summed E-state index contributed by atoms with van der Waals surface area (Å²) in [6.45, 7) is 8.39. The summed E-state index contributed by atoms with van der Waals surface area (Å²) in [6, 6.07) is 23.0. The molecule has 3 aromatic carbocycles. The van der Waals surface area contributed by atoms with Gasteiger partial charge in [0, 0.05) is 41.6 Å². The van der Waals surface area contributed by atoms with Gasteiger partial charge in [-0.1, -0.05) is 64.0 Å². The lowest BCUT2D eigenvalue weighted by atomic mass is 9.83. The Morgan fingerprint density at radius 3 is 2.42 bits per heavy atom. The molecule has 9 nitrogen and oxygen atoms in total. The van der Waals surface area contributed by atoms with Crippen molar-refractivity contribution in [2.75, 3.05) is 19.8 Å². The second kappa shape index (κ2) is 15.5. The van der Waals surface area contributed by atoms with Crippen molar-refractivity contribution in [3.8, 4) is 5.75 Å². The number of carbonyl (C=O) groups excluding carboxylic acids is 2. The predicted octanol–water partition coefficient (Wildman–Crippen LogP) is 5.76. The number of hydrogen-bond donors (Lipinski definition) is 3. The van der Waals surface area contributed by atoms with E-state index in [2.05, 4.69) is 51.0 Å². The van der Waals surface area contributed by atoms with Crippen molar-refractivity contribution in [1.29, 1.82) is 0 Å². The van der Waals surface area contributed by atoms with Crippen molar-refractivity contribution in [2.45, 2.75) is 70.6 Å². The highest BCUT2D eigenvalue weighted by Gasteiger charge is 2.54. The van der Waals surface area contributed by atoms with Crippen molar-refractivity contribution in [3.63, 3.8) is 0 Å². The standard InChI is InChI=1S/C35H42BrN3O6/c1-24-10-12-25(13-11-24)19-21-37-39-33(42)35(20-18-30(41)45-34(2,3)4)31(28-8-5-6-9-29(28)36)44-32(38-35)26-14-16-27(17-15-26)43-23-7-22-40/h5-6,8-17,31,37,40H,7,18-23H2,1-4H3,(H,39,42)/t31-,35-/m0/s1. The van der Waals surface area contributed by atoms with Crippen LogP contribution in [0.25, 0.3) is 0 Å². The number of nitrogens with one attached hydrogen (secondary N) is 2. The van der Waals surface area contributed by atoms with E-state index in [0.717, 1.165) is 15.6 Å². The molecule has 4 rings (SSSR count). The second-order valence-corrected chi connectivity index (χ2v) is 12.9. The number of esters is 1. The van der Waals surface area contributed by atoms with Crippen LogP contribution in [0.3, 0.4) is 0 Å². The van der Waals surface area contributed by atoms with Crippen molar-refractivity contribution in [2.24, 2.45) is 4.99 Å². The van der Waals surface area contributed by atoms with Gasteiger partial charge in [0.15, 0.2) is 11.6 Å². The number of amides is 1. The summed E-state index contributed by atoms with van der Waals surface area (Å²) in [5.74, 6) is 0.0621. The maximum Gasteiger partial charge on any atom is 0.306 e. The van der Waals surface area contributed by atoms with Gasteiger partial charge >= 0.3 is 5.97 Å². The van der Waals surface area contributed by atoms with Crippen molar-refractivity contribution >= 4 is 33.7 Å². The molecule has 0 bridgehead atoms. The van der Waals surface area contributed by atoms with Gasteiger partial charge in [0.1, 0.15) is 11.4 Å². The molecule has 240 valence electrons. The maximum absolute atomic E-state index is 14.2. The fraction of sp³-hybridized carbons (Fsp3) is 0.400. The molecule has 0 saturated carbocycles. The predicted molar refractivity (Wildman–Crippen MR) is 177 cm³/mol. The molecule has 1 amide bonds. The Bertz CT molecular complexity index is 1470. The van der Waals surface area contributed by atoms with Crippen molar-refractivity contribution < 1.29 is 28.9 Å². The Labute approximate surface area is 273 Å². The Morgan fingerprint density at radius 2 is 1.76 bits per heavy atom. The summed E-state index contributed by atoms with van der Waals surface area (Å²) in [4.78, 5) is 32.1. The number of hydrazine groups is 1. The van der Waals surface area contributed by atoms with E-state index in [0.29, 0.717) is 37.3 Å². The highest BCUT2D eigenvalue weighted by Crippen LogP contribution is 2.45. The monoisotopic (exact) mass is 679 g/mol. The van der Waals surface area contributed by atoms with E-state index >= 15 is 0 Å². The van der Waals surface area contributed by atoms with Crippen molar-refractivity contribution in [3.05, 3.63) is 99.5 Å². The summed E-state index contributed by atoms with van der Waals surface area (Å²) in [5, 5.41) is 9.05. The van der Waals surface area contributed by atoms with Crippen LogP contribution in [0.15, 0.2) is 82.3 Å². The highest BCUT2D eigenvalue weighted by molar-refractivity contribution is 9.10. The first kappa shape index (κ1) is 34.1. The van der Waals surface area contributed by atoms with Crippen LogP contribution in [0.1, 0.15) is 68.4 Å². The number of halogens is 1. The highest BCUT2D eigenvalue weighted by atomic mass is 79.9. The van der Waals surface area contributed by atoms with E-state index in [-0.39, 0.29) is 25.3 Å². The molecule has 3 aromatic rings. The van der Waals surface area contributed by atoms with E-state index in [1.54, 1.807) is 32.9 Å². The average Bonchev–Trinajstić information content (AvgIpc) is 3.39. The fourth-order valence-electron chi connectivity index (χ4n) is 4.93. The minimum Gasteiger partial charge on any atom is -0.494 e. The third kappa shape index (κ3) is 9.39. The number of aryl methyl sites for hydroxylation is 1. The molecule has 3 N–H and O–H groups in total. The van der Waals surface area contributed by atoms with Crippen LogP contribution in [-0.4, -0.2) is 53.8 Å². The number of rotatable bonds is 14.